The number of hydrogen-bond donors (Lipinski definition) is 2. The minimum Gasteiger partial charge on any atom is -0.508 e. The molecule has 0 bridgehead atoms. The number of phenols is 1. The number of nitrogens with one attached hydrogen (secondary N) is 1. The lowest BCUT2D eigenvalue weighted by Crippen LogP contribution is -2.30. The van der Waals surface area contributed by atoms with Crippen molar-refractivity contribution in [1.82, 2.24) is 5.32 Å². The molecule has 5 heteroatoms. The van der Waals surface area contributed by atoms with Gasteiger partial charge in [0, 0.05) is 0 Å². The molecule has 2 aromatic rings. The molecule has 110 valence electrons. The second kappa shape index (κ2) is 5.37. The van der Waals surface area contributed by atoms with E-state index < -0.39 is 11.9 Å². The van der Waals surface area contributed by atoms with Gasteiger partial charge in [-0.1, -0.05) is 24.3 Å². The monoisotopic (exact) mass is 294 g/mol. The lowest BCUT2D eigenvalue weighted by molar-refractivity contribution is -0.113. The van der Waals surface area contributed by atoms with Crippen molar-refractivity contribution in [3.8, 4) is 5.75 Å². The third-order valence-electron chi connectivity index (χ3n) is 3.34. The predicted octanol–water partition coefficient (Wildman–Crippen LogP) is 2.80. The Balaban J connectivity index is 1.93. The fraction of sp³-hybridized carbons (Fsp3) is 0.0588. The molecule has 0 radical (unpaired) electrons. The first-order valence-electron chi connectivity index (χ1n) is 6.77. The van der Waals surface area contributed by atoms with Crippen molar-refractivity contribution in [2.75, 3.05) is 4.90 Å². The zero-order valence-electron chi connectivity index (χ0n) is 11.9. The molecule has 1 aliphatic rings. The summed E-state index contributed by atoms with van der Waals surface area (Å²) in [5.41, 5.74) is 2.43. The van der Waals surface area contributed by atoms with E-state index >= 15 is 0 Å². The average Bonchev–Trinajstić information content (AvgIpc) is 2.76. The number of carbonyl (C=O) groups excluding carboxylic acids is 2. The second-order valence-corrected chi connectivity index (χ2v) is 5.06. The van der Waals surface area contributed by atoms with E-state index in [0.29, 0.717) is 11.3 Å². The molecule has 0 aromatic heterocycles. The Morgan fingerprint density at radius 3 is 2.50 bits per heavy atom. The molecule has 0 saturated carbocycles. The topological polar surface area (TPSA) is 69.6 Å². The largest absolute Gasteiger partial charge is 0.508 e. The van der Waals surface area contributed by atoms with Crippen molar-refractivity contribution in [3.05, 3.63) is 65.4 Å². The molecule has 1 aliphatic heterocycles. The summed E-state index contributed by atoms with van der Waals surface area (Å²) in [7, 11) is 0. The number of imide groups is 1. The molecule has 2 N–H and O–H groups in total. The molecular formula is C17H14N2O3. The maximum atomic E-state index is 12.4. The van der Waals surface area contributed by atoms with Gasteiger partial charge in [0.05, 0.1) is 5.69 Å². The number of nitrogens with zero attached hydrogens (tertiary/aromatic N) is 1. The van der Waals surface area contributed by atoms with Crippen LogP contribution in [0.15, 0.2) is 54.2 Å². The van der Waals surface area contributed by atoms with Gasteiger partial charge >= 0.3 is 6.03 Å². The molecule has 0 unspecified atom stereocenters. The quantitative estimate of drug-likeness (QED) is 0.661. The summed E-state index contributed by atoms with van der Waals surface area (Å²) < 4.78 is 0. The number of anilines is 1. The van der Waals surface area contributed by atoms with Crippen molar-refractivity contribution < 1.29 is 14.7 Å². The summed E-state index contributed by atoms with van der Waals surface area (Å²) >= 11 is 0. The Labute approximate surface area is 127 Å². The van der Waals surface area contributed by atoms with Gasteiger partial charge in [0.25, 0.3) is 5.91 Å². The number of rotatable bonds is 2. The van der Waals surface area contributed by atoms with Crippen LogP contribution in [0, 0.1) is 6.92 Å². The van der Waals surface area contributed by atoms with Crippen molar-refractivity contribution in [2.45, 2.75) is 6.92 Å². The Morgan fingerprint density at radius 1 is 1.09 bits per heavy atom. The minimum absolute atomic E-state index is 0.144. The fourth-order valence-corrected chi connectivity index (χ4v) is 2.27. The summed E-state index contributed by atoms with van der Waals surface area (Å²) in [6, 6.07) is 13.1. The minimum atomic E-state index is -0.472. The van der Waals surface area contributed by atoms with E-state index in [1.807, 2.05) is 13.0 Å². The van der Waals surface area contributed by atoms with Crippen LogP contribution >= 0.6 is 0 Å². The highest BCUT2D eigenvalue weighted by Crippen LogP contribution is 2.23. The maximum absolute atomic E-state index is 12.4. The van der Waals surface area contributed by atoms with Crippen LogP contribution in [0.25, 0.3) is 6.08 Å². The average molecular weight is 294 g/mol. The van der Waals surface area contributed by atoms with Gasteiger partial charge in [-0.15, -0.1) is 0 Å². The summed E-state index contributed by atoms with van der Waals surface area (Å²) in [5.74, 6) is -0.256. The van der Waals surface area contributed by atoms with Gasteiger partial charge in [0.1, 0.15) is 11.4 Å². The zero-order chi connectivity index (χ0) is 15.7. The molecule has 5 nitrogen and oxygen atoms in total. The molecule has 0 aliphatic carbocycles. The number of phenolic OH excluding ortho intramolecular Hbond substituents is 1. The predicted molar refractivity (Wildman–Crippen MR) is 83.3 cm³/mol. The van der Waals surface area contributed by atoms with Crippen molar-refractivity contribution in [2.24, 2.45) is 0 Å². The highest BCUT2D eigenvalue weighted by molar-refractivity contribution is 6.28. The molecule has 3 rings (SSSR count). The first-order chi connectivity index (χ1) is 10.5. The Hall–Kier alpha value is -3.08. The van der Waals surface area contributed by atoms with Crippen molar-refractivity contribution in [3.63, 3.8) is 0 Å². The summed E-state index contributed by atoms with van der Waals surface area (Å²) in [4.78, 5) is 25.6. The van der Waals surface area contributed by atoms with Gasteiger partial charge in [0.15, 0.2) is 0 Å². The van der Waals surface area contributed by atoms with Crippen molar-refractivity contribution in [1.29, 1.82) is 0 Å². The number of carbonyl (C=O) groups is 2. The first-order valence-corrected chi connectivity index (χ1v) is 6.77. The Morgan fingerprint density at radius 2 is 1.82 bits per heavy atom. The van der Waals surface area contributed by atoms with Crippen LogP contribution in [0.2, 0.25) is 0 Å². The highest BCUT2D eigenvalue weighted by atomic mass is 16.3. The van der Waals surface area contributed by atoms with Crippen LogP contribution in [-0.4, -0.2) is 17.0 Å². The summed E-state index contributed by atoms with van der Waals surface area (Å²) in [6.45, 7) is 1.90. The molecule has 22 heavy (non-hydrogen) atoms. The van der Waals surface area contributed by atoms with E-state index in [4.69, 9.17) is 0 Å². The maximum Gasteiger partial charge on any atom is 0.333 e. The summed E-state index contributed by atoms with van der Waals surface area (Å²) in [6.07, 6.45) is 1.58. The van der Waals surface area contributed by atoms with E-state index in [1.165, 1.54) is 12.1 Å². The molecule has 1 fully saturated rings. The molecular weight excluding hydrogens is 280 g/mol. The lowest BCUT2D eigenvalue weighted by Gasteiger charge is -2.12. The molecule has 1 saturated heterocycles. The fourth-order valence-electron chi connectivity index (χ4n) is 2.27. The number of amides is 3. The van der Waals surface area contributed by atoms with Gasteiger partial charge in [-0.2, -0.15) is 0 Å². The number of hydrogen-bond acceptors (Lipinski definition) is 3. The SMILES string of the molecule is Cc1cccc(N2C(=O)N/C(=C\c3ccc(O)cc3)C2=O)c1. The number of aromatic hydroxyl groups is 1. The van der Waals surface area contributed by atoms with E-state index in [2.05, 4.69) is 5.32 Å². The normalized spacial score (nSPS) is 16.2. The number of urea groups is 1. The molecule has 2 aromatic carbocycles. The van der Waals surface area contributed by atoms with E-state index in [1.54, 1.807) is 36.4 Å². The van der Waals surface area contributed by atoms with Crippen molar-refractivity contribution >= 4 is 23.7 Å². The first kappa shape index (κ1) is 13.9. The lowest BCUT2D eigenvalue weighted by atomic mass is 10.1. The molecule has 3 amide bonds. The van der Waals surface area contributed by atoms with Gasteiger partial charge < -0.3 is 10.4 Å². The third-order valence-corrected chi connectivity index (χ3v) is 3.34. The van der Waals surface area contributed by atoms with Gasteiger partial charge in [-0.05, 0) is 48.4 Å². The van der Waals surface area contributed by atoms with Gasteiger partial charge in [-0.3, -0.25) is 4.79 Å². The third kappa shape index (κ3) is 2.56. The molecule has 0 spiro atoms. The molecule has 1 heterocycles. The van der Waals surface area contributed by atoms with Gasteiger partial charge in [-0.25, -0.2) is 9.69 Å². The van der Waals surface area contributed by atoms with Crippen LogP contribution in [0.5, 0.6) is 5.75 Å². The van der Waals surface area contributed by atoms with Crippen LogP contribution in [0.1, 0.15) is 11.1 Å². The Bertz CT molecular complexity index is 779. The smallest absolute Gasteiger partial charge is 0.333 e. The van der Waals surface area contributed by atoms with Gasteiger partial charge in [0.2, 0.25) is 0 Å². The number of benzene rings is 2. The van der Waals surface area contributed by atoms with Crippen LogP contribution in [0.4, 0.5) is 10.5 Å². The molecule has 0 atom stereocenters. The van der Waals surface area contributed by atoms with Crippen LogP contribution in [-0.2, 0) is 4.79 Å². The van der Waals surface area contributed by atoms with E-state index in [9.17, 15) is 14.7 Å². The summed E-state index contributed by atoms with van der Waals surface area (Å²) in [5, 5.41) is 11.8. The van der Waals surface area contributed by atoms with E-state index in [0.717, 1.165) is 10.5 Å². The highest BCUT2D eigenvalue weighted by Gasteiger charge is 2.34. The zero-order valence-corrected chi connectivity index (χ0v) is 11.9. The number of aryl methyl sites for hydroxylation is 1. The second-order valence-electron chi connectivity index (χ2n) is 5.06. The van der Waals surface area contributed by atoms with E-state index in [-0.39, 0.29) is 11.4 Å². The van der Waals surface area contributed by atoms with Crippen LogP contribution in [0.3, 0.4) is 0 Å². The Kier molecular flexibility index (Phi) is 3.39. The van der Waals surface area contributed by atoms with Crippen LogP contribution < -0.4 is 10.2 Å². The standard InChI is InChI=1S/C17H14N2O3/c1-11-3-2-4-13(9-11)19-16(21)15(18-17(19)22)10-12-5-7-14(20)8-6-12/h2-10,20H,1H3,(H,18,22)/b15-10-.